The first-order chi connectivity index (χ1) is 10.7. The normalized spacial score (nSPS) is 11.5. The highest BCUT2D eigenvalue weighted by Gasteiger charge is 2.14. The van der Waals surface area contributed by atoms with Crippen LogP contribution in [-0.2, 0) is 13.0 Å². The van der Waals surface area contributed by atoms with E-state index in [9.17, 15) is 0 Å². The van der Waals surface area contributed by atoms with E-state index in [0.717, 1.165) is 23.5 Å². The fourth-order valence-corrected chi connectivity index (χ4v) is 4.04. The molecule has 2 aromatic carbocycles. The van der Waals surface area contributed by atoms with Gasteiger partial charge < -0.3 is 4.57 Å². The standard InChI is InChI=1S/C19H18N2S/c1-13-8-9-17-16(12-13)18-19(22-14(2)20-18)21(17)11-10-15-6-4-3-5-7-15/h3-9,12H,10-11H2,1-2H3. The van der Waals surface area contributed by atoms with Crippen LogP contribution in [0.15, 0.2) is 48.5 Å². The molecular weight excluding hydrogens is 288 g/mol. The summed E-state index contributed by atoms with van der Waals surface area (Å²) in [6.07, 6.45) is 1.05. The van der Waals surface area contributed by atoms with Crippen LogP contribution in [0.1, 0.15) is 16.1 Å². The maximum atomic E-state index is 4.76. The van der Waals surface area contributed by atoms with E-state index in [1.165, 1.54) is 26.9 Å². The first kappa shape index (κ1) is 13.5. The third-order valence-corrected chi connectivity index (χ3v) is 5.12. The number of rotatable bonds is 3. The molecule has 4 aromatic rings. The van der Waals surface area contributed by atoms with Crippen molar-refractivity contribution in [3.63, 3.8) is 0 Å². The minimum Gasteiger partial charge on any atom is -0.330 e. The van der Waals surface area contributed by atoms with E-state index in [4.69, 9.17) is 4.98 Å². The van der Waals surface area contributed by atoms with E-state index in [0.29, 0.717) is 0 Å². The Kier molecular flexibility index (Phi) is 3.23. The summed E-state index contributed by atoms with van der Waals surface area (Å²) in [6.45, 7) is 5.23. The van der Waals surface area contributed by atoms with Crippen molar-refractivity contribution >= 4 is 32.6 Å². The van der Waals surface area contributed by atoms with Crippen LogP contribution in [0.25, 0.3) is 21.3 Å². The number of benzene rings is 2. The number of aromatic nitrogens is 2. The highest BCUT2D eigenvalue weighted by Crippen LogP contribution is 2.33. The predicted molar refractivity (Wildman–Crippen MR) is 94.7 cm³/mol. The van der Waals surface area contributed by atoms with Gasteiger partial charge in [-0.15, -0.1) is 11.3 Å². The molecule has 0 unspecified atom stereocenters. The summed E-state index contributed by atoms with van der Waals surface area (Å²) in [5, 5.41) is 2.43. The van der Waals surface area contributed by atoms with E-state index < -0.39 is 0 Å². The summed E-state index contributed by atoms with van der Waals surface area (Å²) >= 11 is 1.80. The summed E-state index contributed by atoms with van der Waals surface area (Å²) in [6, 6.07) is 17.4. The Labute approximate surface area is 134 Å². The molecule has 0 saturated carbocycles. The van der Waals surface area contributed by atoms with Crippen molar-refractivity contribution in [2.75, 3.05) is 0 Å². The molecule has 22 heavy (non-hydrogen) atoms. The lowest BCUT2D eigenvalue weighted by molar-refractivity contribution is 0.748. The second-order valence-corrected chi connectivity index (χ2v) is 6.98. The Hall–Kier alpha value is -2.13. The monoisotopic (exact) mass is 306 g/mol. The van der Waals surface area contributed by atoms with E-state index in [2.05, 4.69) is 66.9 Å². The van der Waals surface area contributed by atoms with Gasteiger partial charge in [-0.2, -0.15) is 0 Å². The van der Waals surface area contributed by atoms with Crippen molar-refractivity contribution in [2.24, 2.45) is 0 Å². The maximum absolute atomic E-state index is 4.76. The van der Waals surface area contributed by atoms with Gasteiger partial charge in [0.05, 0.1) is 10.5 Å². The molecule has 0 bridgehead atoms. The fourth-order valence-electron chi connectivity index (χ4n) is 3.07. The topological polar surface area (TPSA) is 17.8 Å². The summed E-state index contributed by atoms with van der Waals surface area (Å²) in [7, 11) is 0. The molecule has 0 N–H and O–H groups in total. The van der Waals surface area contributed by atoms with Gasteiger partial charge in [0, 0.05) is 11.9 Å². The van der Waals surface area contributed by atoms with Gasteiger partial charge in [-0.1, -0.05) is 42.0 Å². The number of hydrogen-bond acceptors (Lipinski definition) is 2. The highest BCUT2D eigenvalue weighted by atomic mass is 32.1. The van der Waals surface area contributed by atoms with Crippen LogP contribution in [0.2, 0.25) is 0 Å². The highest BCUT2D eigenvalue weighted by molar-refractivity contribution is 7.18. The van der Waals surface area contributed by atoms with Gasteiger partial charge >= 0.3 is 0 Å². The van der Waals surface area contributed by atoms with Crippen LogP contribution in [0, 0.1) is 13.8 Å². The van der Waals surface area contributed by atoms with E-state index in [-0.39, 0.29) is 0 Å². The zero-order valence-electron chi connectivity index (χ0n) is 12.8. The molecular formula is C19H18N2S. The summed E-state index contributed by atoms with van der Waals surface area (Å²) in [5.74, 6) is 0. The lowest BCUT2D eigenvalue weighted by atomic mass is 10.1. The quantitative estimate of drug-likeness (QED) is 0.514. The molecule has 0 aliphatic rings. The second kappa shape index (κ2) is 5.25. The van der Waals surface area contributed by atoms with Crippen molar-refractivity contribution in [2.45, 2.75) is 26.8 Å². The Morgan fingerprint density at radius 1 is 1.05 bits per heavy atom. The molecule has 0 spiro atoms. The van der Waals surface area contributed by atoms with E-state index >= 15 is 0 Å². The number of fused-ring (bicyclic) bond motifs is 3. The van der Waals surface area contributed by atoms with E-state index in [1.54, 1.807) is 11.3 Å². The number of nitrogens with zero attached hydrogens (tertiary/aromatic N) is 2. The molecule has 110 valence electrons. The van der Waals surface area contributed by atoms with E-state index in [1.807, 2.05) is 0 Å². The lowest BCUT2D eigenvalue weighted by Crippen LogP contribution is -2.00. The summed E-state index contributed by atoms with van der Waals surface area (Å²) in [5.41, 5.74) is 5.13. The van der Waals surface area contributed by atoms with Crippen LogP contribution in [0.5, 0.6) is 0 Å². The smallest absolute Gasteiger partial charge is 0.124 e. The van der Waals surface area contributed by atoms with Gasteiger partial charge in [-0.3, -0.25) is 0 Å². The van der Waals surface area contributed by atoms with Crippen molar-refractivity contribution in [3.05, 3.63) is 64.7 Å². The molecule has 0 amide bonds. The van der Waals surface area contributed by atoms with Crippen molar-refractivity contribution in [3.8, 4) is 0 Å². The van der Waals surface area contributed by atoms with Crippen LogP contribution >= 0.6 is 11.3 Å². The molecule has 4 rings (SSSR count). The predicted octanol–water partition coefficient (Wildman–Crippen LogP) is 5.11. The molecule has 0 aliphatic carbocycles. The minimum atomic E-state index is 0.995. The third-order valence-electron chi connectivity index (χ3n) is 4.13. The van der Waals surface area contributed by atoms with Crippen molar-refractivity contribution in [1.29, 1.82) is 0 Å². The first-order valence-electron chi connectivity index (χ1n) is 7.62. The van der Waals surface area contributed by atoms with Gasteiger partial charge in [0.25, 0.3) is 0 Å². The average molecular weight is 306 g/mol. The number of thiazole rings is 1. The number of aryl methyl sites for hydroxylation is 4. The van der Waals surface area contributed by atoms with Gasteiger partial charge in [0.1, 0.15) is 10.3 Å². The average Bonchev–Trinajstić information content (AvgIpc) is 3.02. The lowest BCUT2D eigenvalue weighted by Gasteiger charge is -2.07. The van der Waals surface area contributed by atoms with Crippen LogP contribution in [0.3, 0.4) is 0 Å². The van der Waals surface area contributed by atoms with Gasteiger partial charge in [0.2, 0.25) is 0 Å². The van der Waals surface area contributed by atoms with Gasteiger partial charge in [-0.05, 0) is 38.0 Å². The third kappa shape index (κ3) is 2.22. The Morgan fingerprint density at radius 2 is 1.86 bits per heavy atom. The van der Waals surface area contributed by atoms with Crippen LogP contribution < -0.4 is 0 Å². The van der Waals surface area contributed by atoms with Crippen LogP contribution in [0.4, 0.5) is 0 Å². The summed E-state index contributed by atoms with van der Waals surface area (Å²) < 4.78 is 2.43. The molecule has 2 heterocycles. The fraction of sp³-hybridized carbons (Fsp3) is 0.211. The maximum Gasteiger partial charge on any atom is 0.124 e. The molecule has 2 aromatic heterocycles. The second-order valence-electron chi connectivity index (χ2n) is 5.79. The molecule has 0 fully saturated rings. The molecule has 0 aliphatic heterocycles. The summed E-state index contributed by atoms with van der Waals surface area (Å²) in [4.78, 5) is 6.06. The molecule has 0 saturated heterocycles. The molecule has 2 nitrogen and oxygen atoms in total. The Morgan fingerprint density at radius 3 is 2.68 bits per heavy atom. The Balaban J connectivity index is 1.83. The van der Waals surface area contributed by atoms with Crippen molar-refractivity contribution < 1.29 is 0 Å². The minimum absolute atomic E-state index is 0.995. The molecule has 0 radical (unpaired) electrons. The molecule has 0 atom stereocenters. The zero-order valence-corrected chi connectivity index (χ0v) is 13.7. The van der Waals surface area contributed by atoms with Gasteiger partial charge in [0.15, 0.2) is 0 Å². The van der Waals surface area contributed by atoms with Crippen molar-refractivity contribution in [1.82, 2.24) is 9.55 Å². The SMILES string of the molecule is Cc1ccc2c(c1)c1nc(C)sc1n2CCc1ccccc1. The Bertz CT molecular complexity index is 948. The van der Waals surface area contributed by atoms with Crippen LogP contribution in [-0.4, -0.2) is 9.55 Å². The number of hydrogen-bond donors (Lipinski definition) is 0. The largest absolute Gasteiger partial charge is 0.330 e. The van der Waals surface area contributed by atoms with Gasteiger partial charge in [-0.25, -0.2) is 4.98 Å². The first-order valence-corrected chi connectivity index (χ1v) is 8.44. The zero-order chi connectivity index (χ0) is 15.1. The molecule has 3 heteroatoms.